The first-order chi connectivity index (χ1) is 8.56. The summed E-state index contributed by atoms with van der Waals surface area (Å²) in [5, 5.41) is 11.6. The van der Waals surface area contributed by atoms with Crippen LogP contribution in [0.2, 0.25) is 0 Å². The van der Waals surface area contributed by atoms with Crippen molar-refractivity contribution >= 4 is 5.97 Å². The van der Waals surface area contributed by atoms with Crippen LogP contribution < -0.4 is 10.1 Å². The molecular formula is C12H15F2NO3. The number of carboxylic acids is 1. The predicted octanol–water partition coefficient (Wildman–Crippen LogP) is 1.80. The lowest BCUT2D eigenvalue weighted by atomic mass is 10.3. The van der Waals surface area contributed by atoms with Gasteiger partial charge in [0.2, 0.25) is 5.82 Å². The molecule has 1 rings (SSSR count). The largest absolute Gasteiger partial charge is 0.488 e. The van der Waals surface area contributed by atoms with E-state index in [9.17, 15) is 13.6 Å². The maximum absolute atomic E-state index is 13.2. The van der Waals surface area contributed by atoms with E-state index in [4.69, 9.17) is 9.84 Å². The van der Waals surface area contributed by atoms with Gasteiger partial charge in [0, 0.05) is 0 Å². The van der Waals surface area contributed by atoms with Crippen molar-refractivity contribution in [3.63, 3.8) is 0 Å². The van der Waals surface area contributed by atoms with E-state index in [1.165, 1.54) is 12.1 Å². The molecule has 2 N–H and O–H groups in total. The van der Waals surface area contributed by atoms with Crippen LogP contribution >= 0.6 is 0 Å². The molecule has 0 aliphatic carbocycles. The smallest absolute Gasteiger partial charge is 0.324 e. The van der Waals surface area contributed by atoms with Crippen molar-refractivity contribution in [2.24, 2.45) is 0 Å². The highest BCUT2D eigenvalue weighted by atomic mass is 19.2. The van der Waals surface area contributed by atoms with Gasteiger partial charge >= 0.3 is 5.97 Å². The van der Waals surface area contributed by atoms with Gasteiger partial charge in [-0.1, -0.05) is 13.0 Å². The Morgan fingerprint density at radius 1 is 1.50 bits per heavy atom. The van der Waals surface area contributed by atoms with E-state index in [0.29, 0.717) is 6.54 Å². The van der Waals surface area contributed by atoms with Gasteiger partial charge in [-0.05, 0) is 25.1 Å². The van der Waals surface area contributed by atoms with Crippen LogP contribution in [0.4, 0.5) is 8.78 Å². The Bertz CT molecular complexity index is 412. The zero-order valence-electron chi connectivity index (χ0n) is 9.95. The van der Waals surface area contributed by atoms with E-state index < -0.39 is 23.6 Å². The summed E-state index contributed by atoms with van der Waals surface area (Å²) in [6, 6.07) is 2.56. The first-order valence-electron chi connectivity index (χ1n) is 5.59. The third-order valence-corrected chi connectivity index (χ3v) is 2.26. The van der Waals surface area contributed by atoms with Crippen molar-refractivity contribution in [1.29, 1.82) is 0 Å². The lowest BCUT2D eigenvalue weighted by Gasteiger charge is -2.15. The van der Waals surface area contributed by atoms with Crippen molar-refractivity contribution in [3.8, 4) is 5.75 Å². The fourth-order valence-electron chi connectivity index (χ4n) is 1.30. The van der Waals surface area contributed by atoms with Crippen LogP contribution in [-0.2, 0) is 4.79 Å². The molecule has 1 atom stereocenters. The van der Waals surface area contributed by atoms with Crippen LogP contribution in [0.1, 0.15) is 13.3 Å². The quantitative estimate of drug-likeness (QED) is 0.784. The lowest BCUT2D eigenvalue weighted by Crippen LogP contribution is -2.41. The molecule has 0 saturated heterocycles. The molecule has 4 nitrogen and oxygen atoms in total. The number of hydrogen-bond acceptors (Lipinski definition) is 3. The number of nitrogens with one attached hydrogen (secondary N) is 1. The molecule has 6 heteroatoms. The Hall–Kier alpha value is -1.69. The van der Waals surface area contributed by atoms with Gasteiger partial charge < -0.3 is 15.2 Å². The molecule has 0 fully saturated rings. The lowest BCUT2D eigenvalue weighted by molar-refractivity contribution is -0.140. The molecule has 1 aromatic carbocycles. The first-order valence-corrected chi connectivity index (χ1v) is 5.59. The number of rotatable bonds is 7. The molecule has 0 saturated carbocycles. The third-order valence-electron chi connectivity index (χ3n) is 2.26. The van der Waals surface area contributed by atoms with Crippen LogP contribution in [0.5, 0.6) is 5.75 Å². The zero-order valence-corrected chi connectivity index (χ0v) is 9.95. The molecule has 0 aromatic heterocycles. The van der Waals surface area contributed by atoms with E-state index in [2.05, 4.69) is 5.32 Å². The summed E-state index contributed by atoms with van der Waals surface area (Å²) in [7, 11) is 0. The van der Waals surface area contributed by atoms with Crippen molar-refractivity contribution < 1.29 is 23.4 Å². The summed E-state index contributed by atoms with van der Waals surface area (Å²) in [5.41, 5.74) is 0. The van der Waals surface area contributed by atoms with Crippen LogP contribution in [0.15, 0.2) is 18.2 Å². The average Bonchev–Trinajstić information content (AvgIpc) is 2.33. The highest BCUT2D eigenvalue weighted by Gasteiger charge is 2.18. The van der Waals surface area contributed by atoms with Gasteiger partial charge in [0.25, 0.3) is 0 Å². The number of carboxylic acid groups (broad SMARTS) is 1. The van der Waals surface area contributed by atoms with E-state index in [1.54, 1.807) is 0 Å². The van der Waals surface area contributed by atoms with Gasteiger partial charge in [0.1, 0.15) is 12.6 Å². The van der Waals surface area contributed by atoms with Crippen LogP contribution in [0, 0.1) is 11.6 Å². The van der Waals surface area contributed by atoms with Crippen LogP contribution in [-0.4, -0.2) is 30.3 Å². The molecule has 0 radical (unpaired) electrons. The van der Waals surface area contributed by atoms with Gasteiger partial charge in [0.15, 0.2) is 11.6 Å². The standard InChI is InChI=1S/C12H15F2NO3/c1-2-6-15-9(12(16)17)7-18-10-5-3-4-8(13)11(10)14/h3-5,9,15H,2,6-7H2,1H3,(H,16,17). The van der Waals surface area contributed by atoms with Gasteiger partial charge in [-0.15, -0.1) is 0 Å². The summed E-state index contributed by atoms with van der Waals surface area (Å²) in [6.07, 6.45) is 0.762. The first kappa shape index (κ1) is 14.4. The number of aliphatic carboxylic acids is 1. The predicted molar refractivity (Wildman–Crippen MR) is 61.6 cm³/mol. The van der Waals surface area contributed by atoms with Gasteiger partial charge in [-0.3, -0.25) is 4.79 Å². The van der Waals surface area contributed by atoms with E-state index in [0.717, 1.165) is 12.5 Å². The fourth-order valence-corrected chi connectivity index (χ4v) is 1.30. The molecule has 1 unspecified atom stereocenters. The number of halogens is 2. The van der Waals surface area contributed by atoms with Crippen LogP contribution in [0.3, 0.4) is 0 Å². The van der Waals surface area contributed by atoms with Gasteiger partial charge in [-0.25, -0.2) is 4.39 Å². The molecule has 0 bridgehead atoms. The molecule has 0 amide bonds. The topological polar surface area (TPSA) is 58.6 Å². The maximum atomic E-state index is 13.2. The van der Waals surface area contributed by atoms with E-state index >= 15 is 0 Å². The molecule has 18 heavy (non-hydrogen) atoms. The summed E-state index contributed by atoms with van der Waals surface area (Å²) in [5.74, 6) is -3.53. The Kier molecular flexibility index (Phi) is 5.51. The second-order valence-electron chi connectivity index (χ2n) is 3.71. The Morgan fingerprint density at radius 2 is 2.22 bits per heavy atom. The maximum Gasteiger partial charge on any atom is 0.324 e. The number of ether oxygens (including phenoxy) is 1. The van der Waals surface area contributed by atoms with Crippen molar-refractivity contribution in [2.45, 2.75) is 19.4 Å². The highest BCUT2D eigenvalue weighted by Crippen LogP contribution is 2.19. The monoisotopic (exact) mass is 259 g/mol. The third kappa shape index (κ3) is 3.96. The normalized spacial score (nSPS) is 12.2. The van der Waals surface area contributed by atoms with E-state index in [1.807, 2.05) is 6.92 Å². The second-order valence-corrected chi connectivity index (χ2v) is 3.71. The highest BCUT2D eigenvalue weighted by molar-refractivity contribution is 5.73. The van der Waals surface area contributed by atoms with Crippen LogP contribution in [0.25, 0.3) is 0 Å². The Labute approximate surface area is 104 Å². The number of hydrogen-bond donors (Lipinski definition) is 2. The Balaban J connectivity index is 2.61. The molecule has 100 valence electrons. The molecule has 0 spiro atoms. The SMILES string of the molecule is CCCNC(COc1cccc(F)c1F)C(=O)O. The molecule has 0 aliphatic heterocycles. The molecule has 1 aromatic rings. The summed E-state index contributed by atoms with van der Waals surface area (Å²) in [6.45, 7) is 2.13. The molecule has 0 heterocycles. The zero-order chi connectivity index (χ0) is 13.5. The Morgan fingerprint density at radius 3 is 2.83 bits per heavy atom. The second kappa shape index (κ2) is 6.90. The number of carbonyl (C=O) groups is 1. The molecule has 0 aliphatic rings. The summed E-state index contributed by atoms with van der Waals surface area (Å²) >= 11 is 0. The fraction of sp³-hybridized carbons (Fsp3) is 0.417. The van der Waals surface area contributed by atoms with Crippen molar-refractivity contribution in [1.82, 2.24) is 5.32 Å². The van der Waals surface area contributed by atoms with Gasteiger partial charge in [0.05, 0.1) is 0 Å². The summed E-state index contributed by atoms with van der Waals surface area (Å²) < 4.78 is 31.1. The van der Waals surface area contributed by atoms with Gasteiger partial charge in [-0.2, -0.15) is 4.39 Å². The minimum absolute atomic E-state index is 0.268. The molecular weight excluding hydrogens is 244 g/mol. The van der Waals surface area contributed by atoms with Crippen molar-refractivity contribution in [3.05, 3.63) is 29.8 Å². The number of benzene rings is 1. The minimum Gasteiger partial charge on any atom is -0.488 e. The summed E-state index contributed by atoms with van der Waals surface area (Å²) in [4.78, 5) is 10.9. The average molecular weight is 259 g/mol. The minimum atomic E-state index is -1.11. The van der Waals surface area contributed by atoms with Crippen molar-refractivity contribution in [2.75, 3.05) is 13.2 Å². The van der Waals surface area contributed by atoms with E-state index in [-0.39, 0.29) is 12.4 Å².